The number of benzene rings is 1. The summed E-state index contributed by atoms with van der Waals surface area (Å²) in [6, 6.07) is 5.31. The molecule has 1 aliphatic heterocycles. The molecular weight excluding hydrogens is 230 g/mol. The van der Waals surface area contributed by atoms with E-state index in [1.54, 1.807) is 18.2 Å². The van der Waals surface area contributed by atoms with Gasteiger partial charge in [-0.05, 0) is 11.6 Å². The molecule has 0 saturated heterocycles. The molecule has 0 unspecified atom stereocenters. The maximum Gasteiger partial charge on any atom is 0.254 e. The fourth-order valence-electron chi connectivity index (χ4n) is 2.09. The molecule has 0 spiro atoms. The highest BCUT2D eigenvalue weighted by atomic mass is 28.3. The van der Waals surface area contributed by atoms with Gasteiger partial charge in [-0.1, -0.05) is 44.4 Å². The summed E-state index contributed by atoms with van der Waals surface area (Å²) in [4.78, 5) is 24.6. The lowest BCUT2D eigenvalue weighted by Crippen LogP contribution is -2.49. The fraction of sp³-hybridized carbons (Fsp3) is 0.231. The zero-order valence-corrected chi connectivity index (χ0v) is 11.3. The number of hydrogen-bond acceptors (Lipinski definition) is 2. The highest BCUT2D eigenvalue weighted by molar-refractivity contribution is 6.79. The van der Waals surface area contributed by atoms with Crippen molar-refractivity contribution in [3.05, 3.63) is 41.5 Å². The minimum absolute atomic E-state index is 0.159. The molecule has 1 aromatic carbocycles. The van der Waals surface area contributed by atoms with Crippen LogP contribution in [0.15, 0.2) is 24.8 Å². The molecule has 0 fully saturated rings. The molecule has 1 heterocycles. The van der Waals surface area contributed by atoms with Gasteiger partial charge in [0.1, 0.15) is 0 Å². The lowest BCUT2D eigenvalue weighted by atomic mass is 10.0. The Bertz CT molecular complexity index is 529. The molecule has 0 saturated carbocycles. The van der Waals surface area contributed by atoms with Crippen LogP contribution in [0.3, 0.4) is 0 Å². The quantitative estimate of drug-likeness (QED) is 0.593. The van der Waals surface area contributed by atoms with Gasteiger partial charge in [0, 0.05) is 0 Å². The van der Waals surface area contributed by atoms with Gasteiger partial charge in [-0.2, -0.15) is 0 Å². The third-order valence-corrected chi connectivity index (χ3v) is 4.59. The van der Waals surface area contributed by atoms with Crippen molar-refractivity contribution in [1.82, 2.24) is 4.57 Å². The first-order valence-corrected chi connectivity index (χ1v) is 8.97. The van der Waals surface area contributed by atoms with Gasteiger partial charge in [-0.3, -0.25) is 9.59 Å². The minimum atomic E-state index is -1.98. The molecule has 0 radical (unpaired) electrons. The number of nitrogens with zero attached hydrogens (tertiary/aromatic N) is 1. The minimum Gasteiger partial charge on any atom is -0.304 e. The average Bonchev–Trinajstić information content (AvgIpc) is 2.51. The predicted molar refractivity (Wildman–Crippen MR) is 70.4 cm³/mol. The van der Waals surface area contributed by atoms with Gasteiger partial charge in [0.15, 0.2) is 8.24 Å². The number of carbonyl (C=O) groups is 2. The van der Waals surface area contributed by atoms with Crippen molar-refractivity contribution in [3.8, 4) is 0 Å². The third kappa shape index (κ3) is 1.65. The zero-order valence-electron chi connectivity index (χ0n) is 10.3. The maximum atomic E-state index is 12.3. The van der Waals surface area contributed by atoms with E-state index in [-0.39, 0.29) is 11.8 Å². The van der Waals surface area contributed by atoms with Gasteiger partial charge in [-0.15, -0.1) is 0 Å². The van der Waals surface area contributed by atoms with Crippen LogP contribution in [0.25, 0.3) is 6.08 Å². The van der Waals surface area contributed by atoms with E-state index < -0.39 is 8.24 Å². The lowest BCUT2D eigenvalue weighted by molar-refractivity contribution is 0.0753. The van der Waals surface area contributed by atoms with Gasteiger partial charge in [-0.25, -0.2) is 0 Å². The Hall–Kier alpha value is -1.68. The summed E-state index contributed by atoms with van der Waals surface area (Å²) in [5, 5.41) is 0. The highest BCUT2D eigenvalue weighted by Crippen LogP contribution is 2.30. The molecule has 0 bridgehead atoms. The number of amides is 2. The van der Waals surface area contributed by atoms with Crippen molar-refractivity contribution in [2.45, 2.75) is 19.6 Å². The molecule has 3 nitrogen and oxygen atoms in total. The summed E-state index contributed by atoms with van der Waals surface area (Å²) < 4.78 is 1.45. The number of imide groups is 1. The van der Waals surface area contributed by atoms with Crippen LogP contribution in [-0.2, 0) is 0 Å². The highest BCUT2D eigenvalue weighted by Gasteiger charge is 2.43. The van der Waals surface area contributed by atoms with Crippen LogP contribution >= 0.6 is 0 Å². The summed E-state index contributed by atoms with van der Waals surface area (Å²) in [5.74, 6) is -0.326. The topological polar surface area (TPSA) is 37.4 Å². The second kappa shape index (κ2) is 3.67. The van der Waals surface area contributed by atoms with Crippen molar-refractivity contribution in [2.24, 2.45) is 0 Å². The summed E-state index contributed by atoms with van der Waals surface area (Å²) >= 11 is 0. The molecule has 0 atom stereocenters. The Morgan fingerprint density at radius 1 is 1.18 bits per heavy atom. The molecule has 88 valence electrons. The Balaban J connectivity index is 2.65. The molecule has 0 N–H and O–H groups in total. The largest absolute Gasteiger partial charge is 0.304 e. The van der Waals surface area contributed by atoms with Crippen LogP contribution in [0.4, 0.5) is 0 Å². The molecule has 1 aromatic rings. The van der Waals surface area contributed by atoms with Crippen LogP contribution in [0.5, 0.6) is 0 Å². The molecule has 1 aliphatic rings. The Labute approximate surface area is 102 Å². The van der Waals surface area contributed by atoms with E-state index in [2.05, 4.69) is 6.58 Å². The van der Waals surface area contributed by atoms with Gasteiger partial charge < -0.3 is 4.57 Å². The Kier molecular flexibility index (Phi) is 2.54. The van der Waals surface area contributed by atoms with E-state index in [9.17, 15) is 9.59 Å². The van der Waals surface area contributed by atoms with Crippen molar-refractivity contribution >= 4 is 26.1 Å². The van der Waals surface area contributed by atoms with Crippen molar-refractivity contribution < 1.29 is 9.59 Å². The smallest absolute Gasteiger partial charge is 0.254 e. The molecule has 17 heavy (non-hydrogen) atoms. The van der Waals surface area contributed by atoms with Gasteiger partial charge >= 0.3 is 0 Å². The second-order valence-corrected chi connectivity index (χ2v) is 9.88. The monoisotopic (exact) mass is 245 g/mol. The van der Waals surface area contributed by atoms with Crippen molar-refractivity contribution in [3.63, 3.8) is 0 Å². The van der Waals surface area contributed by atoms with Crippen LogP contribution in [0.2, 0.25) is 19.6 Å². The summed E-state index contributed by atoms with van der Waals surface area (Å²) in [5.41, 5.74) is 1.76. The zero-order chi connectivity index (χ0) is 12.8. The van der Waals surface area contributed by atoms with Crippen molar-refractivity contribution in [2.75, 3.05) is 0 Å². The molecule has 0 aliphatic carbocycles. The summed E-state index contributed by atoms with van der Waals surface area (Å²) in [7, 11) is -1.98. The van der Waals surface area contributed by atoms with E-state index in [1.807, 2.05) is 25.7 Å². The average molecular weight is 245 g/mol. The Morgan fingerprint density at radius 3 is 2.35 bits per heavy atom. The standard InChI is InChI=1S/C13H15NO2Si/c1-5-9-7-6-8-10-11(9)13(16)14(12(10)15)17(2,3)4/h5-8H,1H2,2-4H3. The van der Waals surface area contributed by atoms with Gasteiger partial charge in [0.25, 0.3) is 11.8 Å². The second-order valence-electron chi connectivity index (χ2n) is 5.09. The van der Waals surface area contributed by atoms with Crippen LogP contribution < -0.4 is 0 Å². The summed E-state index contributed by atoms with van der Waals surface area (Å²) in [6.07, 6.45) is 1.62. The molecule has 4 heteroatoms. The molecular formula is C13H15NO2Si. The van der Waals surface area contributed by atoms with E-state index in [0.29, 0.717) is 11.1 Å². The van der Waals surface area contributed by atoms with Crippen molar-refractivity contribution in [1.29, 1.82) is 0 Å². The van der Waals surface area contributed by atoms with Gasteiger partial charge in [0.05, 0.1) is 11.1 Å². The number of hydrogen-bond donors (Lipinski definition) is 0. The predicted octanol–water partition coefficient (Wildman–Crippen LogP) is 2.76. The first-order valence-electron chi connectivity index (χ1n) is 5.52. The molecule has 2 amide bonds. The van der Waals surface area contributed by atoms with E-state index >= 15 is 0 Å². The van der Waals surface area contributed by atoms with Gasteiger partial charge in [0.2, 0.25) is 0 Å². The normalized spacial score (nSPS) is 15.1. The van der Waals surface area contributed by atoms with E-state index in [1.165, 1.54) is 4.57 Å². The van der Waals surface area contributed by atoms with Crippen LogP contribution in [0.1, 0.15) is 26.3 Å². The SMILES string of the molecule is C=Cc1cccc2c1C(=O)N([Si](C)(C)C)C2=O. The van der Waals surface area contributed by atoms with E-state index in [0.717, 1.165) is 5.56 Å². The molecule has 2 rings (SSSR count). The maximum absolute atomic E-state index is 12.3. The van der Waals surface area contributed by atoms with E-state index in [4.69, 9.17) is 0 Å². The van der Waals surface area contributed by atoms with Crippen LogP contribution in [0, 0.1) is 0 Å². The number of rotatable bonds is 2. The third-order valence-electron chi connectivity index (χ3n) is 2.84. The first-order chi connectivity index (χ1) is 7.88. The number of fused-ring (bicyclic) bond motifs is 1. The first kappa shape index (κ1) is 11.8. The Morgan fingerprint density at radius 2 is 1.82 bits per heavy atom. The summed E-state index contributed by atoms with van der Waals surface area (Å²) in [6.45, 7) is 9.65. The van der Waals surface area contributed by atoms with Crippen LogP contribution in [-0.4, -0.2) is 24.6 Å². The molecule has 0 aromatic heterocycles. The lowest BCUT2D eigenvalue weighted by Gasteiger charge is -2.27. The fourth-order valence-corrected chi connectivity index (χ4v) is 3.54. The number of carbonyl (C=O) groups excluding carboxylic acids is 2.